The number of nitrogens with zero attached hydrogens (tertiary/aromatic N) is 3. The number of ether oxygens (including phenoxy) is 4. The van der Waals surface area contributed by atoms with E-state index in [2.05, 4.69) is 22.1 Å². The Balaban J connectivity index is 1.81. The number of unbranched alkanes of at least 4 members (excludes halogenated alkanes) is 1. The van der Waals surface area contributed by atoms with Gasteiger partial charge >= 0.3 is 18.3 Å². The minimum atomic E-state index is -0.983. The van der Waals surface area contributed by atoms with Crippen molar-refractivity contribution >= 4 is 51.8 Å². The van der Waals surface area contributed by atoms with Crippen molar-refractivity contribution in [1.82, 2.24) is 14.5 Å². The molecule has 0 radical (unpaired) electrons. The number of anilines is 2. The van der Waals surface area contributed by atoms with Gasteiger partial charge in [-0.3, -0.25) is 10.6 Å². The van der Waals surface area contributed by atoms with Crippen LogP contribution in [0.25, 0.3) is 21.9 Å². The fourth-order valence-corrected chi connectivity index (χ4v) is 5.60. The summed E-state index contributed by atoms with van der Waals surface area (Å²) in [4.78, 5) is 48.2. The van der Waals surface area contributed by atoms with E-state index in [9.17, 15) is 14.4 Å². The van der Waals surface area contributed by atoms with Gasteiger partial charge in [-0.1, -0.05) is 37.6 Å². The van der Waals surface area contributed by atoms with Gasteiger partial charge in [0.15, 0.2) is 5.82 Å². The van der Waals surface area contributed by atoms with Crippen LogP contribution in [0.3, 0.4) is 0 Å². The van der Waals surface area contributed by atoms with Crippen LogP contribution >= 0.6 is 0 Å². The molecule has 4 aromatic rings. The number of carbonyl (C=O) groups excluding carboxylic acids is 3. The van der Waals surface area contributed by atoms with Gasteiger partial charge in [0.2, 0.25) is 0 Å². The number of fused-ring (bicyclic) bond motifs is 3. The Labute approximate surface area is 307 Å². The van der Waals surface area contributed by atoms with Crippen molar-refractivity contribution in [3.05, 3.63) is 59.4 Å². The van der Waals surface area contributed by atoms with Crippen LogP contribution in [0.15, 0.2) is 42.5 Å². The normalized spacial score (nSPS) is 12.5. The van der Waals surface area contributed by atoms with Crippen molar-refractivity contribution in [2.45, 2.75) is 138 Å². The summed E-state index contributed by atoms with van der Waals surface area (Å²) >= 11 is 0. The number of carbonyl (C=O) groups is 3. The van der Waals surface area contributed by atoms with Crippen LogP contribution in [0.5, 0.6) is 0 Å². The highest BCUT2D eigenvalue weighted by Gasteiger charge is 2.31. The lowest BCUT2D eigenvalue weighted by atomic mass is 10.0. The topological polar surface area (TPSA) is 143 Å². The van der Waals surface area contributed by atoms with E-state index < -0.39 is 40.7 Å². The molecule has 0 saturated heterocycles. The van der Waals surface area contributed by atoms with Crippen LogP contribution in [0.2, 0.25) is 0 Å². The molecule has 52 heavy (non-hydrogen) atoms. The maximum atomic E-state index is 13.1. The van der Waals surface area contributed by atoms with E-state index in [0.717, 1.165) is 40.7 Å². The number of imidazole rings is 1. The van der Waals surface area contributed by atoms with E-state index in [1.165, 1.54) is 0 Å². The van der Waals surface area contributed by atoms with Gasteiger partial charge in [0.05, 0.1) is 17.6 Å². The SMILES string of the molecule is CCCCc1nc2c(NC(=O)OC(C)(C)C)nc3cc(Cc4cccc(NC(=O)OC(C)(C)C)c4)ccc3c2n1CC(C)(C)OC(=O)OC(C)(C)C. The van der Waals surface area contributed by atoms with E-state index in [4.69, 9.17) is 28.9 Å². The molecule has 0 aliphatic heterocycles. The second-order valence-corrected chi connectivity index (χ2v) is 16.7. The molecule has 0 spiro atoms. The van der Waals surface area contributed by atoms with E-state index >= 15 is 0 Å². The molecule has 2 aromatic heterocycles. The first-order valence-electron chi connectivity index (χ1n) is 17.8. The minimum Gasteiger partial charge on any atom is -0.444 e. The molecule has 282 valence electrons. The van der Waals surface area contributed by atoms with Crippen molar-refractivity contribution in [1.29, 1.82) is 0 Å². The third-order valence-corrected chi connectivity index (χ3v) is 7.46. The molecule has 0 fully saturated rings. The molecule has 0 saturated carbocycles. The highest BCUT2D eigenvalue weighted by atomic mass is 16.7. The Morgan fingerprint density at radius 2 is 1.35 bits per heavy atom. The van der Waals surface area contributed by atoms with Crippen LogP contribution in [-0.2, 0) is 38.3 Å². The summed E-state index contributed by atoms with van der Waals surface area (Å²) in [5, 5.41) is 6.48. The van der Waals surface area contributed by atoms with Crippen LogP contribution in [0.1, 0.15) is 113 Å². The minimum absolute atomic E-state index is 0.264. The molecule has 2 amide bonds. The number of pyridine rings is 1. The molecule has 0 aliphatic rings. The predicted octanol–water partition coefficient (Wildman–Crippen LogP) is 9.94. The first-order valence-corrected chi connectivity index (χ1v) is 17.8. The third-order valence-electron chi connectivity index (χ3n) is 7.46. The molecule has 0 bridgehead atoms. The fourth-order valence-electron chi connectivity index (χ4n) is 5.60. The molecule has 0 aliphatic carbocycles. The Kier molecular flexibility index (Phi) is 11.8. The Hall–Kier alpha value is -4.87. The predicted molar refractivity (Wildman–Crippen MR) is 204 cm³/mol. The maximum absolute atomic E-state index is 13.1. The second kappa shape index (κ2) is 15.4. The molecular formula is C40H55N5O7. The Bertz CT molecular complexity index is 1930. The molecule has 2 heterocycles. The first-order chi connectivity index (χ1) is 24.0. The molecule has 12 heteroatoms. The molecule has 0 atom stereocenters. The number of nitrogens with one attached hydrogen (secondary N) is 2. The zero-order chi connectivity index (χ0) is 38.6. The lowest BCUT2D eigenvalue weighted by molar-refractivity contribution is -0.0581. The zero-order valence-electron chi connectivity index (χ0n) is 32.8. The quantitative estimate of drug-likeness (QED) is 0.121. The van der Waals surface area contributed by atoms with Gasteiger partial charge in [-0.05, 0) is 118 Å². The molecule has 2 aromatic carbocycles. The van der Waals surface area contributed by atoms with Crippen molar-refractivity contribution in [3.63, 3.8) is 0 Å². The fraction of sp³-hybridized carbons (Fsp3) is 0.525. The number of aryl methyl sites for hydroxylation is 1. The number of rotatable bonds is 10. The summed E-state index contributed by atoms with van der Waals surface area (Å²) < 4.78 is 24.4. The average Bonchev–Trinajstić information content (AvgIpc) is 3.30. The molecule has 4 rings (SSSR count). The molecule has 2 N–H and O–H groups in total. The largest absolute Gasteiger partial charge is 0.509 e. The average molecular weight is 718 g/mol. The lowest BCUT2D eigenvalue weighted by Crippen LogP contribution is -2.36. The monoisotopic (exact) mass is 717 g/mol. The van der Waals surface area contributed by atoms with Crippen molar-refractivity contribution in [2.24, 2.45) is 0 Å². The highest BCUT2D eigenvalue weighted by molar-refractivity contribution is 6.09. The first kappa shape index (κ1) is 39.9. The van der Waals surface area contributed by atoms with Gasteiger partial charge in [0.1, 0.15) is 33.7 Å². The standard InChI is InChI=1S/C40H55N5O7/c1-13-14-18-30-43-31-32(45(30)24-40(11,12)52-36(48)51-39(8,9)10)28-20-19-26(23-29(28)42-33(31)44-35(47)50-38(5,6)7)21-25-16-15-17-27(22-25)41-34(46)49-37(2,3)4/h15-17,19-20,22-23H,13-14,18,21,24H2,1-12H3,(H,41,46)(H,42,44,47). The van der Waals surface area contributed by atoms with Gasteiger partial charge in [-0.15, -0.1) is 0 Å². The molecule has 12 nitrogen and oxygen atoms in total. The Morgan fingerprint density at radius 3 is 1.96 bits per heavy atom. The zero-order valence-corrected chi connectivity index (χ0v) is 32.8. The summed E-state index contributed by atoms with van der Waals surface area (Å²) in [5.74, 6) is 1.04. The summed E-state index contributed by atoms with van der Waals surface area (Å²) in [6, 6.07) is 13.6. The van der Waals surface area contributed by atoms with Gasteiger partial charge < -0.3 is 23.5 Å². The van der Waals surface area contributed by atoms with Crippen LogP contribution in [0, 0.1) is 0 Å². The van der Waals surface area contributed by atoms with Crippen molar-refractivity contribution < 1.29 is 33.3 Å². The van der Waals surface area contributed by atoms with E-state index in [-0.39, 0.29) is 12.4 Å². The van der Waals surface area contributed by atoms with Crippen molar-refractivity contribution in [2.75, 3.05) is 10.6 Å². The van der Waals surface area contributed by atoms with Gasteiger partial charge in [0, 0.05) is 17.5 Å². The lowest BCUT2D eigenvalue weighted by Gasteiger charge is -2.28. The number of aromatic nitrogens is 3. The van der Waals surface area contributed by atoms with Crippen LogP contribution < -0.4 is 10.6 Å². The Morgan fingerprint density at radius 1 is 0.731 bits per heavy atom. The number of benzene rings is 2. The molecule has 0 unspecified atom stereocenters. The van der Waals surface area contributed by atoms with Gasteiger partial charge in [0.25, 0.3) is 0 Å². The van der Waals surface area contributed by atoms with Crippen LogP contribution in [0.4, 0.5) is 25.9 Å². The third kappa shape index (κ3) is 11.6. The van der Waals surface area contributed by atoms with Gasteiger partial charge in [-0.2, -0.15) is 0 Å². The van der Waals surface area contributed by atoms with Crippen molar-refractivity contribution in [3.8, 4) is 0 Å². The molecular weight excluding hydrogens is 662 g/mol. The highest BCUT2D eigenvalue weighted by Crippen LogP contribution is 2.34. The summed E-state index contributed by atoms with van der Waals surface area (Å²) in [7, 11) is 0. The van der Waals surface area contributed by atoms with E-state index in [1.54, 1.807) is 41.5 Å². The van der Waals surface area contributed by atoms with E-state index in [0.29, 0.717) is 29.6 Å². The van der Waals surface area contributed by atoms with Crippen LogP contribution in [-0.4, -0.2) is 55.3 Å². The summed E-state index contributed by atoms with van der Waals surface area (Å²) in [6.07, 6.45) is 1.10. The van der Waals surface area contributed by atoms with Gasteiger partial charge in [-0.25, -0.2) is 24.4 Å². The summed E-state index contributed by atoms with van der Waals surface area (Å²) in [6.45, 7) is 22.3. The number of amides is 2. The smallest absolute Gasteiger partial charge is 0.444 e. The second-order valence-electron chi connectivity index (χ2n) is 16.7. The van der Waals surface area contributed by atoms with E-state index in [1.807, 2.05) is 77.1 Å². The maximum Gasteiger partial charge on any atom is 0.509 e. The number of hydrogen-bond acceptors (Lipinski definition) is 9. The summed E-state index contributed by atoms with van der Waals surface area (Å²) in [5.41, 5.74) is 1.40. The number of hydrogen-bond donors (Lipinski definition) is 2.